The number of rotatable bonds is 3. The molecule has 7 heteroatoms. The van der Waals surface area contributed by atoms with Gasteiger partial charge in [0.05, 0.1) is 6.67 Å². The van der Waals surface area contributed by atoms with Crippen LogP contribution in [0.4, 0.5) is 0 Å². The van der Waals surface area contributed by atoms with Crippen LogP contribution in [0, 0.1) is 0 Å². The standard InChI is InChI=1S/C7H14N2O3S.Na.H/c1-3-7(13(10,11)12)9-5-4-8(2)6-9;;/h4-5,7H,3,6H2,1-2H3,(H,10,11,12);;/q;+1;-1. The molecular formula is C7H15N2NaO3S. The molecule has 0 aromatic rings. The summed E-state index contributed by atoms with van der Waals surface area (Å²) in [7, 11) is -2.13. The second kappa shape index (κ2) is 5.37. The van der Waals surface area contributed by atoms with Crippen molar-refractivity contribution in [1.29, 1.82) is 0 Å². The molecule has 0 fully saturated rings. The van der Waals surface area contributed by atoms with E-state index >= 15 is 0 Å². The third-order valence-corrected chi connectivity index (χ3v) is 3.25. The van der Waals surface area contributed by atoms with E-state index in [9.17, 15) is 8.42 Å². The molecule has 0 saturated carbocycles. The molecule has 0 spiro atoms. The van der Waals surface area contributed by atoms with Crippen molar-refractivity contribution in [3.05, 3.63) is 12.4 Å². The normalized spacial score (nSPS) is 18.2. The zero-order valence-corrected chi connectivity index (χ0v) is 11.5. The smallest absolute Gasteiger partial charge is 1.00 e. The monoisotopic (exact) mass is 230 g/mol. The van der Waals surface area contributed by atoms with E-state index in [1.165, 1.54) is 0 Å². The summed E-state index contributed by atoms with van der Waals surface area (Å²) in [6.07, 6.45) is 3.81. The van der Waals surface area contributed by atoms with Crippen molar-refractivity contribution in [2.75, 3.05) is 13.7 Å². The molecule has 0 radical (unpaired) electrons. The topological polar surface area (TPSA) is 60.9 Å². The van der Waals surface area contributed by atoms with Crippen LogP contribution in [0.5, 0.6) is 0 Å². The number of hydrogen-bond donors (Lipinski definition) is 1. The van der Waals surface area contributed by atoms with Gasteiger partial charge in [-0.15, -0.1) is 0 Å². The van der Waals surface area contributed by atoms with Gasteiger partial charge in [0, 0.05) is 19.4 Å². The predicted molar refractivity (Wildman–Crippen MR) is 50.3 cm³/mol. The van der Waals surface area contributed by atoms with Crippen LogP contribution in [-0.2, 0) is 10.1 Å². The summed E-state index contributed by atoms with van der Waals surface area (Å²) in [5.74, 6) is 0. The Morgan fingerprint density at radius 1 is 1.57 bits per heavy atom. The van der Waals surface area contributed by atoms with E-state index in [2.05, 4.69) is 0 Å². The quantitative estimate of drug-likeness (QED) is 0.426. The summed E-state index contributed by atoms with van der Waals surface area (Å²) in [6.45, 7) is 2.23. The molecule has 0 aliphatic carbocycles. The van der Waals surface area contributed by atoms with Gasteiger partial charge >= 0.3 is 29.6 Å². The molecule has 1 atom stereocenters. The molecule has 14 heavy (non-hydrogen) atoms. The number of nitrogens with zero attached hydrogens (tertiary/aromatic N) is 2. The summed E-state index contributed by atoms with van der Waals surface area (Å²) < 4.78 is 30.7. The van der Waals surface area contributed by atoms with Crippen molar-refractivity contribution >= 4 is 10.1 Å². The largest absolute Gasteiger partial charge is 1.00 e. The Balaban J connectivity index is 0. The van der Waals surface area contributed by atoms with Crippen LogP contribution in [0.15, 0.2) is 12.4 Å². The van der Waals surface area contributed by atoms with Gasteiger partial charge in [-0.1, -0.05) is 6.92 Å². The molecule has 1 N–H and O–H groups in total. The summed E-state index contributed by atoms with van der Waals surface area (Å²) in [4.78, 5) is 3.43. The molecule has 5 nitrogen and oxygen atoms in total. The molecule has 1 unspecified atom stereocenters. The third-order valence-electron chi connectivity index (χ3n) is 1.96. The van der Waals surface area contributed by atoms with Crippen LogP contribution in [0.2, 0.25) is 0 Å². The van der Waals surface area contributed by atoms with Crippen LogP contribution < -0.4 is 29.6 Å². The maximum Gasteiger partial charge on any atom is 1.00 e. The van der Waals surface area contributed by atoms with Gasteiger partial charge < -0.3 is 11.2 Å². The second-order valence-electron chi connectivity index (χ2n) is 3.09. The number of hydrogen-bond acceptors (Lipinski definition) is 4. The van der Waals surface area contributed by atoms with Crippen molar-refractivity contribution in [1.82, 2.24) is 9.80 Å². The van der Waals surface area contributed by atoms with Crippen LogP contribution >= 0.6 is 0 Å². The second-order valence-corrected chi connectivity index (χ2v) is 4.66. The van der Waals surface area contributed by atoms with E-state index in [4.69, 9.17) is 4.55 Å². The summed E-state index contributed by atoms with van der Waals surface area (Å²) in [6, 6.07) is 0. The Morgan fingerprint density at radius 2 is 2.14 bits per heavy atom. The zero-order valence-electron chi connectivity index (χ0n) is 9.71. The fourth-order valence-electron chi connectivity index (χ4n) is 1.35. The van der Waals surface area contributed by atoms with Gasteiger partial charge in [-0.2, -0.15) is 8.42 Å². The molecule has 0 bridgehead atoms. The van der Waals surface area contributed by atoms with Crippen LogP contribution in [-0.4, -0.2) is 41.9 Å². The van der Waals surface area contributed by atoms with Crippen LogP contribution in [0.25, 0.3) is 0 Å². The Bertz CT molecular complexity index is 309. The van der Waals surface area contributed by atoms with Crippen molar-refractivity contribution < 1.29 is 44.0 Å². The van der Waals surface area contributed by atoms with E-state index in [0.717, 1.165) is 0 Å². The first-order chi connectivity index (χ1) is 5.95. The van der Waals surface area contributed by atoms with Gasteiger partial charge in [0.15, 0.2) is 5.37 Å². The first-order valence-corrected chi connectivity index (χ1v) is 5.56. The molecule has 1 aliphatic heterocycles. The molecule has 1 rings (SSSR count). The predicted octanol–water partition coefficient (Wildman–Crippen LogP) is -2.60. The van der Waals surface area contributed by atoms with Gasteiger partial charge in [0.25, 0.3) is 10.1 Å². The minimum absolute atomic E-state index is 0. The SMILES string of the molecule is CCC(N1C=CN(C)C1)S(=O)(=O)O.[H-].[Na+]. The first-order valence-electron chi connectivity index (χ1n) is 4.05. The Hall–Kier alpha value is 0.250. The molecule has 1 heterocycles. The molecule has 1 aliphatic rings. The van der Waals surface area contributed by atoms with Gasteiger partial charge in [0.1, 0.15) is 0 Å². The molecule has 0 saturated heterocycles. The van der Waals surface area contributed by atoms with E-state index in [1.807, 2.05) is 11.9 Å². The summed E-state index contributed by atoms with van der Waals surface area (Å²) in [5, 5.41) is -0.825. The van der Waals surface area contributed by atoms with Crippen LogP contribution in [0.1, 0.15) is 14.8 Å². The van der Waals surface area contributed by atoms with Crippen molar-refractivity contribution in [2.45, 2.75) is 18.7 Å². The Morgan fingerprint density at radius 3 is 2.43 bits per heavy atom. The molecule has 78 valence electrons. The van der Waals surface area contributed by atoms with Gasteiger partial charge in [-0.3, -0.25) is 4.55 Å². The minimum atomic E-state index is -3.97. The maximum absolute atomic E-state index is 10.9. The van der Waals surface area contributed by atoms with Gasteiger partial charge in [-0.05, 0) is 6.42 Å². The van der Waals surface area contributed by atoms with E-state index in [-0.39, 0.29) is 31.0 Å². The first kappa shape index (κ1) is 14.2. The Labute approximate surface area is 108 Å². The van der Waals surface area contributed by atoms with E-state index in [0.29, 0.717) is 13.1 Å². The third kappa shape index (κ3) is 3.43. The fourth-order valence-corrected chi connectivity index (χ4v) is 2.25. The van der Waals surface area contributed by atoms with Crippen LogP contribution in [0.3, 0.4) is 0 Å². The molecular weight excluding hydrogens is 215 g/mol. The molecule has 0 aromatic heterocycles. The zero-order chi connectivity index (χ0) is 10.1. The van der Waals surface area contributed by atoms with Gasteiger partial charge in [0.2, 0.25) is 0 Å². The minimum Gasteiger partial charge on any atom is -1.00 e. The van der Waals surface area contributed by atoms with E-state index in [1.54, 1.807) is 24.2 Å². The van der Waals surface area contributed by atoms with Gasteiger partial charge in [-0.25, -0.2) is 0 Å². The summed E-state index contributed by atoms with van der Waals surface area (Å²) >= 11 is 0. The summed E-state index contributed by atoms with van der Waals surface area (Å²) in [5.41, 5.74) is 0. The molecule has 0 amide bonds. The van der Waals surface area contributed by atoms with Crippen molar-refractivity contribution in [2.24, 2.45) is 0 Å². The molecule has 0 aromatic carbocycles. The van der Waals surface area contributed by atoms with Crippen molar-refractivity contribution in [3.8, 4) is 0 Å². The average molecular weight is 230 g/mol. The fraction of sp³-hybridized carbons (Fsp3) is 0.714. The van der Waals surface area contributed by atoms with E-state index < -0.39 is 15.5 Å². The van der Waals surface area contributed by atoms with Crippen molar-refractivity contribution in [3.63, 3.8) is 0 Å². The average Bonchev–Trinajstić information content (AvgIpc) is 2.34. The maximum atomic E-state index is 10.9. The Kier molecular flexibility index (Phi) is 5.46.